The van der Waals surface area contributed by atoms with Gasteiger partial charge in [-0.2, -0.15) is 5.06 Å². The molecule has 1 saturated heterocycles. The van der Waals surface area contributed by atoms with E-state index in [9.17, 15) is 18.9 Å². The van der Waals surface area contributed by atoms with Crippen LogP contribution in [0.5, 0.6) is 0 Å². The number of ether oxygens (including phenoxy) is 1. The third-order valence-electron chi connectivity index (χ3n) is 3.96. The summed E-state index contributed by atoms with van der Waals surface area (Å²) in [5, 5.41) is 1.17. The van der Waals surface area contributed by atoms with Gasteiger partial charge < -0.3 is 13.8 Å². The summed E-state index contributed by atoms with van der Waals surface area (Å²) in [5.41, 5.74) is -3.46. The van der Waals surface area contributed by atoms with E-state index in [1.807, 2.05) is 0 Å². The number of carbonyl (C=O) groups excluding carboxylic acids is 1. The van der Waals surface area contributed by atoms with E-state index in [0.717, 1.165) is 16.8 Å². The molecule has 11 nitrogen and oxygen atoms in total. The first-order valence-electron chi connectivity index (χ1n) is 8.54. The summed E-state index contributed by atoms with van der Waals surface area (Å²) in [6.45, 7) is 5.19. The van der Waals surface area contributed by atoms with E-state index in [4.69, 9.17) is 18.6 Å². The summed E-state index contributed by atoms with van der Waals surface area (Å²) in [6.07, 6.45) is 0.881. The van der Waals surface area contributed by atoms with E-state index in [1.165, 1.54) is 12.1 Å². The number of nitrogens with one attached hydrogen (secondary N) is 1. The van der Waals surface area contributed by atoms with Gasteiger partial charge in [0.15, 0.2) is 0 Å². The first-order valence-corrected chi connectivity index (χ1v) is 10.2. The van der Waals surface area contributed by atoms with E-state index in [1.54, 1.807) is 20.8 Å². The molecule has 1 aliphatic rings. The zero-order valence-electron chi connectivity index (χ0n) is 15.7. The van der Waals surface area contributed by atoms with Crippen LogP contribution in [-0.4, -0.2) is 53.2 Å². The number of rotatable bonds is 8. The second kappa shape index (κ2) is 8.49. The Bertz CT molecular complexity index is 827. The van der Waals surface area contributed by atoms with Crippen LogP contribution in [0.15, 0.2) is 21.9 Å². The average Bonchev–Trinajstić information content (AvgIpc) is 2.95. The molecule has 1 aliphatic heterocycles. The second-order valence-corrected chi connectivity index (χ2v) is 7.87. The minimum absolute atomic E-state index is 0.0327. The summed E-state index contributed by atoms with van der Waals surface area (Å²) in [7, 11) is -2.25. The summed E-state index contributed by atoms with van der Waals surface area (Å²) < 4.78 is 29.9. The maximum atomic E-state index is 13.2. The lowest BCUT2D eigenvalue weighted by atomic mass is 10.1. The molecule has 152 valence electrons. The number of aromatic amines is 1. The Hall–Kier alpha value is -1.78. The number of aromatic nitrogens is 2. The zero-order chi connectivity index (χ0) is 20.2. The van der Waals surface area contributed by atoms with Crippen molar-refractivity contribution in [2.24, 2.45) is 0 Å². The standard InChI is InChI=1S/C15H24N3O8P/c1-5-23-13(20)15(18-9-8-11(19)16-14(18)21)10-12(17(4)26-15)27(22,24-6-2)25-7-3/h8-9,12H,5-7,10H2,1-4H3,(H,16,19,21)/t12-,15-/m0/s1. The SMILES string of the molecule is CCOC(=O)[C@]1(n2ccc(=O)[nH]c2=O)C[C@H](P(=O)(OCC)OCC)N(C)O1. The number of nitrogens with zero attached hydrogens (tertiary/aromatic N) is 2. The Labute approximate surface area is 155 Å². The Balaban J connectivity index is 2.57. The van der Waals surface area contributed by atoms with E-state index in [0.29, 0.717) is 0 Å². The lowest BCUT2D eigenvalue weighted by Gasteiger charge is -2.27. The molecule has 0 radical (unpaired) electrons. The van der Waals surface area contributed by atoms with Crippen LogP contribution < -0.4 is 11.2 Å². The fourth-order valence-electron chi connectivity index (χ4n) is 2.90. The van der Waals surface area contributed by atoms with Gasteiger partial charge in [-0.05, 0) is 20.8 Å². The largest absolute Gasteiger partial charge is 0.462 e. The summed E-state index contributed by atoms with van der Waals surface area (Å²) in [4.78, 5) is 44.2. The van der Waals surface area contributed by atoms with Gasteiger partial charge >= 0.3 is 19.3 Å². The van der Waals surface area contributed by atoms with E-state index < -0.39 is 36.3 Å². The van der Waals surface area contributed by atoms with Crippen molar-refractivity contribution in [1.82, 2.24) is 14.6 Å². The lowest BCUT2D eigenvalue weighted by molar-refractivity contribution is -0.235. The normalized spacial score (nSPS) is 23.5. The molecule has 1 aromatic rings. The monoisotopic (exact) mass is 405 g/mol. The molecule has 1 aromatic heterocycles. The molecular formula is C15H24N3O8P. The molecule has 0 bridgehead atoms. The van der Waals surface area contributed by atoms with Gasteiger partial charge in [0.2, 0.25) is 0 Å². The highest BCUT2D eigenvalue weighted by atomic mass is 31.2. The lowest BCUT2D eigenvalue weighted by Crippen LogP contribution is -2.50. The van der Waals surface area contributed by atoms with Crippen LogP contribution in [0.25, 0.3) is 0 Å². The van der Waals surface area contributed by atoms with Gasteiger partial charge in [0.05, 0.1) is 19.8 Å². The maximum Gasteiger partial charge on any atom is 0.362 e. The van der Waals surface area contributed by atoms with Crippen molar-refractivity contribution in [3.8, 4) is 0 Å². The molecule has 0 aromatic carbocycles. The first-order chi connectivity index (χ1) is 12.7. The van der Waals surface area contributed by atoms with Gasteiger partial charge in [0.25, 0.3) is 11.3 Å². The molecule has 2 heterocycles. The van der Waals surface area contributed by atoms with Crippen molar-refractivity contribution in [2.45, 2.75) is 38.7 Å². The Kier molecular flexibility index (Phi) is 6.77. The van der Waals surface area contributed by atoms with E-state index in [2.05, 4.69) is 4.98 Å². The Morgan fingerprint density at radius 3 is 2.44 bits per heavy atom. The number of carbonyl (C=O) groups is 1. The molecule has 1 N–H and O–H groups in total. The van der Waals surface area contributed by atoms with Gasteiger partial charge in [-0.3, -0.25) is 23.7 Å². The second-order valence-electron chi connectivity index (χ2n) is 5.68. The minimum atomic E-state index is -3.70. The summed E-state index contributed by atoms with van der Waals surface area (Å²) in [5.74, 6) is -1.84. The van der Waals surface area contributed by atoms with Crippen molar-refractivity contribution >= 4 is 13.6 Å². The molecule has 2 atom stereocenters. The number of H-pyrrole nitrogens is 1. The molecular weight excluding hydrogens is 381 g/mol. The first kappa shape index (κ1) is 21.5. The van der Waals surface area contributed by atoms with Gasteiger partial charge in [0, 0.05) is 25.7 Å². The quantitative estimate of drug-likeness (QED) is 0.488. The van der Waals surface area contributed by atoms with Gasteiger partial charge in [0.1, 0.15) is 5.78 Å². The molecule has 0 saturated carbocycles. The van der Waals surface area contributed by atoms with Crippen molar-refractivity contribution in [3.63, 3.8) is 0 Å². The maximum absolute atomic E-state index is 13.2. The fraction of sp³-hybridized carbons (Fsp3) is 0.667. The van der Waals surface area contributed by atoms with Gasteiger partial charge in [-0.25, -0.2) is 9.59 Å². The predicted molar refractivity (Wildman–Crippen MR) is 94.0 cm³/mol. The number of hydrogen-bond acceptors (Lipinski definition) is 9. The van der Waals surface area contributed by atoms with Gasteiger partial charge in [-0.1, -0.05) is 0 Å². The van der Waals surface area contributed by atoms with E-state index >= 15 is 0 Å². The Morgan fingerprint density at radius 2 is 1.93 bits per heavy atom. The highest BCUT2D eigenvalue weighted by Crippen LogP contribution is 2.59. The molecule has 0 aliphatic carbocycles. The Morgan fingerprint density at radius 1 is 1.30 bits per heavy atom. The fourth-order valence-corrected chi connectivity index (χ4v) is 4.95. The van der Waals surface area contributed by atoms with Crippen LogP contribution in [0.3, 0.4) is 0 Å². The van der Waals surface area contributed by atoms with Crippen molar-refractivity contribution < 1.29 is 28.0 Å². The highest BCUT2D eigenvalue weighted by molar-refractivity contribution is 7.54. The highest BCUT2D eigenvalue weighted by Gasteiger charge is 2.59. The van der Waals surface area contributed by atoms with Crippen LogP contribution in [0, 0.1) is 0 Å². The van der Waals surface area contributed by atoms with Crippen LogP contribution in [0.2, 0.25) is 0 Å². The van der Waals surface area contributed by atoms with Crippen LogP contribution in [0.4, 0.5) is 0 Å². The number of hydroxylamine groups is 2. The van der Waals surface area contributed by atoms with E-state index in [-0.39, 0.29) is 26.2 Å². The van der Waals surface area contributed by atoms with Crippen molar-refractivity contribution in [1.29, 1.82) is 0 Å². The smallest absolute Gasteiger partial charge is 0.362 e. The molecule has 0 spiro atoms. The van der Waals surface area contributed by atoms with Crippen LogP contribution in [-0.2, 0) is 33.7 Å². The van der Waals surface area contributed by atoms with Crippen molar-refractivity contribution in [2.75, 3.05) is 26.9 Å². The molecule has 0 amide bonds. The summed E-state index contributed by atoms with van der Waals surface area (Å²) in [6, 6.07) is 1.07. The minimum Gasteiger partial charge on any atom is -0.462 e. The third-order valence-corrected chi connectivity index (χ3v) is 6.44. The van der Waals surface area contributed by atoms with Gasteiger partial charge in [-0.15, -0.1) is 0 Å². The topological polar surface area (TPSA) is 129 Å². The summed E-state index contributed by atoms with van der Waals surface area (Å²) >= 11 is 0. The van der Waals surface area contributed by atoms with Crippen molar-refractivity contribution in [3.05, 3.63) is 33.1 Å². The molecule has 2 rings (SSSR count). The molecule has 27 heavy (non-hydrogen) atoms. The molecule has 12 heteroatoms. The zero-order valence-corrected chi connectivity index (χ0v) is 16.6. The number of esters is 1. The van der Waals surface area contributed by atoms with Crippen LogP contribution in [0.1, 0.15) is 27.2 Å². The predicted octanol–water partition coefficient (Wildman–Crippen LogP) is 0.612. The number of hydrogen-bond donors (Lipinski definition) is 1. The third kappa shape index (κ3) is 4.07. The molecule has 1 fully saturated rings. The average molecular weight is 405 g/mol. The molecule has 0 unspecified atom stereocenters. The van der Waals surface area contributed by atoms with Crippen LogP contribution >= 0.6 is 7.60 Å².